The molecular weight excluding hydrogens is 297 g/mol. The third-order valence-corrected chi connectivity index (χ3v) is 4.09. The Bertz CT molecular complexity index is 863. The fraction of sp³-hybridized carbons (Fsp3) is 0. The highest BCUT2D eigenvalue weighted by Crippen LogP contribution is 2.38. The molecule has 0 amide bonds. The normalized spacial score (nSPS) is 10.9. The highest BCUT2D eigenvalue weighted by molar-refractivity contribution is 7.18. The summed E-state index contributed by atoms with van der Waals surface area (Å²) in [4.78, 5) is 25.1. The van der Waals surface area contributed by atoms with Gasteiger partial charge in [0.15, 0.2) is 0 Å². The number of carboxylic acid groups (broad SMARTS) is 2. The van der Waals surface area contributed by atoms with Crippen LogP contribution in [-0.4, -0.2) is 27.1 Å². The van der Waals surface area contributed by atoms with Gasteiger partial charge in [-0.15, -0.1) is 11.3 Å². The Balaban J connectivity index is 2.33. The van der Waals surface area contributed by atoms with E-state index in [1.54, 1.807) is 0 Å². The fourth-order valence-electron chi connectivity index (χ4n) is 2.18. The predicted molar refractivity (Wildman–Crippen MR) is 75.5 cm³/mol. The minimum atomic E-state index is -1.20. The van der Waals surface area contributed by atoms with Gasteiger partial charge in [-0.1, -0.05) is 12.1 Å². The maximum atomic E-state index is 13.0. The molecule has 106 valence electrons. The van der Waals surface area contributed by atoms with Crippen molar-refractivity contribution in [2.75, 3.05) is 0 Å². The number of aromatic nitrogens is 1. The molecule has 0 unspecified atom stereocenters. The van der Waals surface area contributed by atoms with Crippen LogP contribution in [0.25, 0.3) is 21.3 Å². The van der Waals surface area contributed by atoms with Gasteiger partial charge >= 0.3 is 11.9 Å². The Morgan fingerprint density at radius 3 is 2.33 bits per heavy atom. The average molecular weight is 305 g/mol. The van der Waals surface area contributed by atoms with Crippen molar-refractivity contribution < 1.29 is 24.2 Å². The minimum Gasteiger partial charge on any atom is -0.478 e. The van der Waals surface area contributed by atoms with Crippen molar-refractivity contribution >= 4 is 33.5 Å². The van der Waals surface area contributed by atoms with E-state index in [0.717, 1.165) is 11.3 Å². The van der Waals surface area contributed by atoms with Crippen molar-refractivity contribution in [2.24, 2.45) is 0 Å². The van der Waals surface area contributed by atoms with Gasteiger partial charge in [-0.3, -0.25) is 0 Å². The molecule has 3 N–H and O–H groups in total. The van der Waals surface area contributed by atoms with Gasteiger partial charge in [-0.2, -0.15) is 0 Å². The lowest BCUT2D eigenvalue weighted by Crippen LogP contribution is -1.99. The molecule has 2 aromatic heterocycles. The third kappa shape index (κ3) is 2.07. The number of H-pyrrole nitrogens is 1. The predicted octanol–water partition coefficient (Wildman–Crippen LogP) is 3.43. The molecule has 0 atom stereocenters. The van der Waals surface area contributed by atoms with Crippen molar-refractivity contribution in [1.29, 1.82) is 0 Å². The van der Waals surface area contributed by atoms with Crippen LogP contribution in [0.1, 0.15) is 20.8 Å². The molecule has 2 heterocycles. The molecule has 0 radical (unpaired) electrons. The molecule has 0 spiro atoms. The van der Waals surface area contributed by atoms with Crippen LogP contribution in [-0.2, 0) is 0 Å². The molecule has 0 saturated carbocycles. The van der Waals surface area contributed by atoms with Gasteiger partial charge in [0, 0.05) is 10.9 Å². The molecule has 21 heavy (non-hydrogen) atoms. The lowest BCUT2D eigenvalue weighted by Gasteiger charge is -2.01. The summed E-state index contributed by atoms with van der Waals surface area (Å²) >= 11 is 1.14. The van der Waals surface area contributed by atoms with Crippen LogP contribution in [0.2, 0.25) is 0 Å². The number of nitrogens with one attached hydrogen (secondary N) is 1. The molecule has 0 fully saturated rings. The zero-order valence-electron chi connectivity index (χ0n) is 10.4. The van der Waals surface area contributed by atoms with Gasteiger partial charge in [0.25, 0.3) is 0 Å². The summed E-state index contributed by atoms with van der Waals surface area (Å²) in [5, 5.41) is 19.8. The third-order valence-electron chi connectivity index (χ3n) is 3.10. The zero-order valence-corrected chi connectivity index (χ0v) is 11.2. The fourth-order valence-corrected chi connectivity index (χ4v) is 3.25. The van der Waals surface area contributed by atoms with Crippen LogP contribution in [0.3, 0.4) is 0 Å². The van der Waals surface area contributed by atoms with Crippen molar-refractivity contribution in [3.63, 3.8) is 0 Å². The number of carboxylic acids is 2. The summed E-state index contributed by atoms with van der Waals surface area (Å²) in [6, 6.07) is 5.38. The van der Waals surface area contributed by atoms with Crippen LogP contribution >= 0.6 is 11.3 Å². The quantitative estimate of drug-likeness (QED) is 0.691. The van der Waals surface area contributed by atoms with Crippen molar-refractivity contribution in [2.45, 2.75) is 0 Å². The SMILES string of the molecule is O=C(O)c1[nH]c2c(C(=O)O)csc2c1-c1ccc(F)cc1. The summed E-state index contributed by atoms with van der Waals surface area (Å²) < 4.78 is 13.5. The summed E-state index contributed by atoms with van der Waals surface area (Å²) in [6.07, 6.45) is 0. The van der Waals surface area contributed by atoms with Gasteiger partial charge in [0.05, 0.1) is 15.8 Å². The molecule has 1 aromatic carbocycles. The van der Waals surface area contributed by atoms with Crippen LogP contribution in [0.15, 0.2) is 29.6 Å². The molecule has 0 bridgehead atoms. The maximum absolute atomic E-state index is 13.0. The molecule has 0 saturated heterocycles. The Morgan fingerprint density at radius 1 is 1.10 bits per heavy atom. The number of rotatable bonds is 3. The minimum absolute atomic E-state index is 0.0193. The standard InChI is InChI=1S/C14H8FNO4S/c15-7-3-1-6(2-4-7)9-11(14(19)20)16-10-8(13(17)18)5-21-12(9)10/h1-5,16H,(H,17,18)(H,19,20). The van der Waals surface area contributed by atoms with Gasteiger partial charge in [-0.05, 0) is 17.7 Å². The highest BCUT2D eigenvalue weighted by atomic mass is 32.1. The average Bonchev–Trinajstić information content (AvgIpc) is 2.97. The molecule has 0 aliphatic heterocycles. The van der Waals surface area contributed by atoms with E-state index in [1.807, 2.05) is 0 Å². The van der Waals surface area contributed by atoms with E-state index in [0.29, 0.717) is 15.8 Å². The summed E-state index contributed by atoms with van der Waals surface area (Å²) in [5.41, 5.74) is 1.06. The highest BCUT2D eigenvalue weighted by Gasteiger charge is 2.23. The van der Waals surface area contributed by atoms with Crippen molar-refractivity contribution in [3.05, 3.63) is 46.7 Å². The molecular formula is C14H8FNO4S. The van der Waals surface area contributed by atoms with Gasteiger partial charge in [0.2, 0.25) is 0 Å². The summed E-state index contributed by atoms with van der Waals surface area (Å²) in [7, 11) is 0. The maximum Gasteiger partial charge on any atom is 0.353 e. The van der Waals surface area contributed by atoms with E-state index in [1.165, 1.54) is 29.6 Å². The van der Waals surface area contributed by atoms with E-state index in [9.17, 15) is 19.1 Å². The second kappa shape index (κ2) is 4.71. The van der Waals surface area contributed by atoms with E-state index in [-0.39, 0.29) is 16.8 Å². The lowest BCUT2D eigenvalue weighted by atomic mass is 10.1. The summed E-state index contributed by atoms with van der Waals surface area (Å²) in [6.45, 7) is 0. The zero-order chi connectivity index (χ0) is 15.1. The second-order valence-electron chi connectivity index (χ2n) is 4.35. The number of hydrogen-bond donors (Lipinski definition) is 3. The van der Waals surface area contributed by atoms with Crippen LogP contribution in [0, 0.1) is 5.82 Å². The number of carbonyl (C=O) groups is 2. The van der Waals surface area contributed by atoms with Crippen LogP contribution in [0.5, 0.6) is 0 Å². The van der Waals surface area contributed by atoms with Gasteiger partial charge in [-0.25, -0.2) is 14.0 Å². The van der Waals surface area contributed by atoms with Gasteiger partial charge < -0.3 is 15.2 Å². The Kier molecular flexibility index (Phi) is 2.99. The largest absolute Gasteiger partial charge is 0.478 e. The number of fused-ring (bicyclic) bond motifs is 1. The van der Waals surface area contributed by atoms with E-state index >= 15 is 0 Å². The first-order valence-electron chi connectivity index (χ1n) is 5.84. The number of aromatic amines is 1. The van der Waals surface area contributed by atoms with E-state index in [4.69, 9.17) is 5.11 Å². The number of halogens is 1. The van der Waals surface area contributed by atoms with Crippen LogP contribution in [0.4, 0.5) is 4.39 Å². The number of hydrogen-bond acceptors (Lipinski definition) is 3. The van der Waals surface area contributed by atoms with Crippen molar-refractivity contribution in [1.82, 2.24) is 4.98 Å². The number of thiophene rings is 1. The molecule has 3 rings (SSSR count). The van der Waals surface area contributed by atoms with Crippen LogP contribution < -0.4 is 0 Å². The smallest absolute Gasteiger partial charge is 0.353 e. The first-order chi connectivity index (χ1) is 9.99. The number of benzene rings is 1. The van der Waals surface area contributed by atoms with E-state index < -0.39 is 17.8 Å². The first kappa shape index (κ1) is 13.3. The lowest BCUT2D eigenvalue weighted by molar-refractivity contribution is 0.0682. The number of aromatic carboxylic acids is 2. The topological polar surface area (TPSA) is 90.4 Å². The Morgan fingerprint density at radius 2 is 1.76 bits per heavy atom. The second-order valence-corrected chi connectivity index (χ2v) is 5.23. The molecule has 7 heteroatoms. The monoisotopic (exact) mass is 305 g/mol. The summed E-state index contributed by atoms with van der Waals surface area (Å²) in [5.74, 6) is -2.76. The molecule has 0 aliphatic carbocycles. The first-order valence-corrected chi connectivity index (χ1v) is 6.72. The molecule has 0 aliphatic rings. The van der Waals surface area contributed by atoms with Gasteiger partial charge in [0.1, 0.15) is 11.5 Å². The Hall–Kier alpha value is -2.67. The molecule has 5 nitrogen and oxygen atoms in total. The molecule has 3 aromatic rings. The van der Waals surface area contributed by atoms with Crippen molar-refractivity contribution in [3.8, 4) is 11.1 Å². The Labute approximate surface area is 121 Å². The van der Waals surface area contributed by atoms with E-state index in [2.05, 4.69) is 4.98 Å².